The van der Waals surface area contributed by atoms with Crippen molar-refractivity contribution >= 4 is 39.1 Å². The minimum Gasteiger partial charge on any atom is -0.481 e. The lowest BCUT2D eigenvalue weighted by molar-refractivity contribution is -0.142. The van der Waals surface area contributed by atoms with E-state index in [0.717, 1.165) is 15.0 Å². The highest BCUT2D eigenvalue weighted by atomic mass is 79.9. The van der Waals surface area contributed by atoms with Crippen LogP contribution < -0.4 is 5.32 Å². The summed E-state index contributed by atoms with van der Waals surface area (Å²) >= 11 is 4.90. The molecule has 1 aromatic heterocycles. The average molecular weight is 397 g/mol. The van der Waals surface area contributed by atoms with Gasteiger partial charge in [0.15, 0.2) is 0 Å². The first-order chi connectivity index (χ1) is 10.9. The summed E-state index contributed by atoms with van der Waals surface area (Å²) in [6.45, 7) is 3.26. The Bertz CT molecular complexity index is 717. The van der Waals surface area contributed by atoms with Gasteiger partial charge < -0.3 is 10.4 Å². The van der Waals surface area contributed by atoms with Crippen LogP contribution in [0.2, 0.25) is 0 Å². The third kappa shape index (κ3) is 4.87. The molecule has 2 aromatic rings. The number of aromatic nitrogens is 1. The van der Waals surface area contributed by atoms with Gasteiger partial charge in [-0.3, -0.25) is 9.59 Å². The van der Waals surface area contributed by atoms with E-state index in [-0.39, 0.29) is 12.3 Å². The third-order valence-corrected chi connectivity index (χ3v) is 4.93. The van der Waals surface area contributed by atoms with Crippen molar-refractivity contribution in [3.63, 3.8) is 0 Å². The third-order valence-electron chi connectivity index (χ3n) is 3.49. The van der Waals surface area contributed by atoms with E-state index in [1.54, 1.807) is 13.8 Å². The summed E-state index contributed by atoms with van der Waals surface area (Å²) in [5.74, 6) is -1.79. The van der Waals surface area contributed by atoms with Crippen LogP contribution in [0, 0.1) is 5.92 Å². The maximum Gasteiger partial charge on any atom is 0.308 e. The molecule has 0 saturated heterocycles. The number of thiazole rings is 1. The highest BCUT2D eigenvalue weighted by molar-refractivity contribution is 9.10. The lowest BCUT2D eigenvalue weighted by Gasteiger charge is -2.17. The molecule has 5 nitrogen and oxygen atoms in total. The number of amides is 1. The fraction of sp³-hybridized carbons (Fsp3) is 0.312. The SMILES string of the molecule is CC(NC(=O)Cc1csc(-c2cccc(Br)c2)n1)C(C)C(=O)O. The number of halogens is 1. The summed E-state index contributed by atoms with van der Waals surface area (Å²) < 4.78 is 0.973. The quantitative estimate of drug-likeness (QED) is 0.784. The molecule has 2 unspecified atom stereocenters. The number of rotatable bonds is 6. The Morgan fingerprint density at radius 2 is 2.13 bits per heavy atom. The number of hydrogen-bond acceptors (Lipinski definition) is 4. The van der Waals surface area contributed by atoms with Gasteiger partial charge in [-0.05, 0) is 26.0 Å². The van der Waals surface area contributed by atoms with Gasteiger partial charge in [0.25, 0.3) is 0 Å². The van der Waals surface area contributed by atoms with E-state index in [1.807, 2.05) is 29.6 Å². The summed E-state index contributed by atoms with van der Waals surface area (Å²) in [7, 11) is 0. The van der Waals surface area contributed by atoms with Crippen molar-refractivity contribution in [2.75, 3.05) is 0 Å². The molecule has 0 aliphatic carbocycles. The van der Waals surface area contributed by atoms with Crippen LogP contribution in [0.15, 0.2) is 34.1 Å². The van der Waals surface area contributed by atoms with Crippen LogP contribution in [0.3, 0.4) is 0 Å². The van der Waals surface area contributed by atoms with E-state index in [2.05, 4.69) is 26.2 Å². The van der Waals surface area contributed by atoms with Gasteiger partial charge in [-0.25, -0.2) is 4.98 Å². The molecule has 0 aliphatic rings. The predicted octanol–water partition coefficient (Wildman–Crippen LogP) is 3.34. The Morgan fingerprint density at radius 1 is 1.39 bits per heavy atom. The van der Waals surface area contributed by atoms with Crippen molar-refractivity contribution in [1.82, 2.24) is 10.3 Å². The number of hydrogen-bond donors (Lipinski definition) is 2. The number of carbonyl (C=O) groups is 2. The van der Waals surface area contributed by atoms with Crippen molar-refractivity contribution in [1.29, 1.82) is 0 Å². The number of benzene rings is 1. The average Bonchev–Trinajstić information content (AvgIpc) is 2.94. The predicted molar refractivity (Wildman–Crippen MR) is 93.4 cm³/mol. The minimum absolute atomic E-state index is 0.140. The Labute approximate surface area is 146 Å². The number of carboxylic acids is 1. The Morgan fingerprint density at radius 3 is 2.78 bits per heavy atom. The highest BCUT2D eigenvalue weighted by Crippen LogP contribution is 2.26. The van der Waals surface area contributed by atoms with E-state index in [4.69, 9.17) is 5.11 Å². The van der Waals surface area contributed by atoms with Crippen LogP contribution in [0.1, 0.15) is 19.5 Å². The zero-order valence-corrected chi connectivity index (χ0v) is 15.1. The maximum atomic E-state index is 12.0. The molecule has 1 aromatic carbocycles. The van der Waals surface area contributed by atoms with Gasteiger partial charge in [0.1, 0.15) is 5.01 Å². The van der Waals surface area contributed by atoms with Gasteiger partial charge in [0.05, 0.1) is 18.0 Å². The molecule has 0 spiro atoms. The molecule has 2 N–H and O–H groups in total. The smallest absolute Gasteiger partial charge is 0.308 e. The van der Waals surface area contributed by atoms with Crippen molar-refractivity contribution < 1.29 is 14.7 Å². The van der Waals surface area contributed by atoms with Crippen molar-refractivity contribution in [3.05, 3.63) is 39.8 Å². The number of carboxylic acid groups (broad SMARTS) is 1. The number of aliphatic carboxylic acids is 1. The Hall–Kier alpha value is -1.73. The first kappa shape index (κ1) is 17.6. The largest absolute Gasteiger partial charge is 0.481 e. The molecule has 2 atom stereocenters. The lowest BCUT2D eigenvalue weighted by atomic mass is 10.0. The molecule has 1 amide bonds. The monoisotopic (exact) mass is 396 g/mol. The molecule has 0 fully saturated rings. The van der Waals surface area contributed by atoms with Crippen LogP contribution in [-0.2, 0) is 16.0 Å². The van der Waals surface area contributed by atoms with Gasteiger partial charge in [-0.15, -0.1) is 11.3 Å². The molecule has 0 aliphatic heterocycles. The van der Waals surface area contributed by atoms with Gasteiger partial charge in [-0.2, -0.15) is 0 Å². The van der Waals surface area contributed by atoms with Crippen LogP contribution in [-0.4, -0.2) is 28.0 Å². The van der Waals surface area contributed by atoms with Gasteiger partial charge in [-0.1, -0.05) is 28.1 Å². The molecule has 0 bridgehead atoms. The lowest BCUT2D eigenvalue weighted by Crippen LogP contribution is -2.40. The molecule has 0 saturated carbocycles. The number of nitrogens with one attached hydrogen (secondary N) is 1. The molecular weight excluding hydrogens is 380 g/mol. The normalized spacial score (nSPS) is 13.3. The van der Waals surface area contributed by atoms with Crippen LogP contribution >= 0.6 is 27.3 Å². The molecule has 2 rings (SSSR count). The molecule has 0 radical (unpaired) electrons. The molecule has 23 heavy (non-hydrogen) atoms. The van der Waals surface area contributed by atoms with Gasteiger partial charge in [0, 0.05) is 21.5 Å². The van der Waals surface area contributed by atoms with Crippen LogP contribution in [0.4, 0.5) is 0 Å². The van der Waals surface area contributed by atoms with Crippen molar-refractivity contribution in [3.8, 4) is 10.6 Å². The second kappa shape index (κ2) is 7.70. The standard InChI is InChI=1S/C16H17BrN2O3S/c1-9(16(21)22)10(2)18-14(20)7-13-8-23-15(19-13)11-4-3-5-12(17)6-11/h3-6,8-10H,7H2,1-2H3,(H,18,20)(H,21,22). The summed E-state index contributed by atoms with van der Waals surface area (Å²) in [6.07, 6.45) is 0.140. The van der Waals surface area contributed by atoms with Crippen molar-refractivity contribution in [2.45, 2.75) is 26.3 Å². The second-order valence-corrected chi connectivity index (χ2v) is 7.09. The zero-order valence-electron chi connectivity index (χ0n) is 12.7. The summed E-state index contributed by atoms with van der Waals surface area (Å²) in [4.78, 5) is 27.4. The molecule has 1 heterocycles. The molecule has 7 heteroatoms. The zero-order chi connectivity index (χ0) is 17.0. The van der Waals surface area contributed by atoms with E-state index >= 15 is 0 Å². The minimum atomic E-state index is -0.927. The highest BCUT2D eigenvalue weighted by Gasteiger charge is 2.21. The first-order valence-corrected chi connectivity index (χ1v) is 8.76. The van der Waals surface area contributed by atoms with Gasteiger partial charge >= 0.3 is 5.97 Å². The summed E-state index contributed by atoms with van der Waals surface area (Å²) in [6, 6.07) is 7.38. The fourth-order valence-corrected chi connectivity index (χ4v) is 3.17. The Kier molecular flexibility index (Phi) is 5.90. The van der Waals surface area contributed by atoms with E-state index in [1.165, 1.54) is 11.3 Å². The topological polar surface area (TPSA) is 79.3 Å². The Balaban J connectivity index is 1.99. The van der Waals surface area contributed by atoms with Crippen LogP contribution in [0.5, 0.6) is 0 Å². The summed E-state index contributed by atoms with van der Waals surface area (Å²) in [5.41, 5.74) is 1.67. The van der Waals surface area contributed by atoms with Gasteiger partial charge in [0.2, 0.25) is 5.91 Å². The van der Waals surface area contributed by atoms with E-state index < -0.39 is 17.9 Å². The fourth-order valence-electron chi connectivity index (χ4n) is 1.95. The second-order valence-electron chi connectivity index (χ2n) is 5.31. The number of nitrogens with zero attached hydrogens (tertiary/aromatic N) is 1. The van der Waals surface area contributed by atoms with E-state index in [9.17, 15) is 9.59 Å². The molecular formula is C16H17BrN2O3S. The van der Waals surface area contributed by atoms with E-state index in [0.29, 0.717) is 5.69 Å². The van der Waals surface area contributed by atoms with Crippen LogP contribution in [0.25, 0.3) is 10.6 Å². The first-order valence-electron chi connectivity index (χ1n) is 7.09. The summed E-state index contributed by atoms with van der Waals surface area (Å²) in [5, 5.41) is 14.3. The maximum absolute atomic E-state index is 12.0. The molecule has 122 valence electrons. The number of carbonyl (C=O) groups excluding carboxylic acids is 1. The van der Waals surface area contributed by atoms with Crippen molar-refractivity contribution in [2.24, 2.45) is 5.92 Å².